The summed E-state index contributed by atoms with van der Waals surface area (Å²) >= 11 is 0. The number of aliphatic hydroxyl groups is 1. The van der Waals surface area contributed by atoms with Crippen LogP contribution >= 0.6 is 0 Å². The van der Waals surface area contributed by atoms with E-state index in [2.05, 4.69) is 24.9 Å². The molecule has 14 heavy (non-hydrogen) atoms. The maximum Gasteiger partial charge on any atom is 0.131 e. The van der Waals surface area contributed by atoms with E-state index in [0.29, 0.717) is 5.92 Å². The molecule has 0 aromatic heterocycles. The Labute approximate surface area is 86.0 Å². The molecule has 1 rings (SSSR count). The molecule has 0 radical (unpaired) electrons. The molecule has 0 saturated carbocycles. The first kappa shape index (κ1) is 11.2. The summed E-state index contributed by atoms with van der Waals surface area (Å²) in [6.07, 6.45) is 6.53. The maximum absolute atomic E-state index is 9.68. The molecule has 1 aliphatic rings. The van der Waals surface area contributed by atoms with Gasteiger partial charge in [0.2, 0.25) is 0 Å². The highest BCUT2D eigenvalue weighted by molar-refractivity contribution is 5.36. The molecule has 0 bridgehead atoms. The Bertz CT molecular complexity index is 265. The number of nitrogens with one attached hydrogen (secondary N) is 1. The molecule has 78 valence electrons. The minimum atomic E-state index is -0.503. The van der Waals surface area contributed by atoms with Gasteiger partial charge in [0.25, 0.3) is 0 Å². The molecule has 2 unspecified atom stereocenters. The molecule has 0 aromatic carbocycles. The zero-order valence-electron chi connectivity index (χ0n) is 8.96. The van der Waals surface area contributed by atoms with E-state index in [1.54, 1.807) is 0 Å². The topological polar surface area (TPSA) is 32.3 Å². The minimum Gasteiger partial charge on any atom is -0.374 e. The van der Waals surface area contributed by atoms with E-state index in [0.717, 1.165) is 18.5 Å². The monoisotopic (exact) mass is 193 g/mol. The highest BCUT2D eigenvalue weighted by Crippen LogP contribution is 2.22. The summed E-state index contributed by atoms with van der Waals surface area (Å²) in [5, 5.41) is 12.7. The van der Waals surface area contributed by atoms with E-state index in [1.165, 1.54) is 5.57 Å². The Morgan fingerprint density at radius 2 is 2.36 bits per heavy atom. The van der Waals surface area contributed by atoms with Crippen LogP contribution in [0, 0.1) is 5.92 Å². The van der Waals surface area contributed by atoms with Crippen LogP contribution in [0.15, 0.2) is 36.0 Å². The lowest BCUT2D eigenvalue weighted by Crippen LogP contribution is -2.36. The molecule has 1 saturated heterocycles. The van der Waals surface area contributed by atoms with E-state index >= 15 is 0 Å². The fourth-order valence-corrected chi connectivity index (χ4v) is 1.68. The second-order valence-corrected chi connectivity index (χ2v) is 3.64. The van der Waals surface area contributed by atoms with Crippen molar-refractivity contribution >= 4 is 0 Å². The molecule has 2 N–H and O–H groups in total. The molecular formula is C12H19NO. The van der Waals surface area contributed by atoms with E-state index in [-0.39, 0.29) is 0 Å². The summed E-state index contributed by atoms with van der Waals surface area (Å²) in [6.45, 7) is 8.65. The number of allylic oxidation sites excluding steroid dienone is 3. The number of aliphatic hydroxyl groups excluding tert-OH is 1. The lowest BCUT2D eigenvalue weighted by atomic mass is 9.94. The number of piperidine rings is 1. The van der Waals surface area contributed by atoms with Gasteiger partial charge in [-0.25, -0.2) is 0 Å². The van der Waals surface area contributed by atoms with Crippen molar-refractivity contribution in [3.63, 3.8) is 0 Å². The maximum atomic E-state index is 9.68. The van der Waals surface area contributed by atoms with Gasteiger partial charge in [-0.1, -0.05) is 25.2 Å². The first-order valence-electron chi connectivity index (χ1n) is 5.10. The third kappa shape index (κ3) is 2.56. The fraction of sp³-hybridized carbons (Fsp3) is 0.500. The van der Waals surface area contributed by atoms with Gasteiger partial charge >= 0.3 is 0 Å². The van der Waals surface area contributed by atoms with Crippen LogP contribution in [-0.2, 0) is 0 Å². The summed E-state index contributed by atoms with van der Waals surface area (Å²) in [7, 11) is 0. The third-order valence-corrected chi connectivity index (χ3v) is 2.54. The first-order valence-corrected chi connectivity index (χ1v) is 5.10. The van der Waals surface area contributed by atoms with Crippen LogP contribution in [0.4, 0.5) is 0 Å². The minimum absolute atomic E-state index is 0.366. The Morgan fingerprint density at radius 1 is 1.64 bits per heavy atom. The fourth-order valence-electron chi connectivity index (χ4n) is 1.68. The zero-order chi connectivity index (χ0) is 10.6. The summed E-state index contributed by atoms with van der Waals surface area (Å²) in [4.78, 5) is 0. The Balaban J connectivity index is 2.85. The molecule has 0 aromatic rings. The van der Waals surface area contributed by atoms with Crippen LogP contribution in [-0.4, -0.2) is 17.9 Å². The van der Waals surface area contributed by atoms with Gasteiger partial charge in [-0.05, 0) is 30.4 Å². The summed E-state index contributed by atoms with van der Waals surface area (Å²) < 4.78 is 0. The predicted molar refractivity (Wildman–Crippen MR) is 59.8 cm³/mol. The van der Waals surface area contributed by atoms with E-state index in [4.69, 9.17) is 0 Å². The largest absolute Gasteiger partial charge is 0.374 e. The number of hydrogen-bond acceptors (Lipinski definition) is 2. The molecule has 2 atom stereocenters. The highest BCUT2D eigenvalue weighted by atomic mass is 16.3. The second kappa shape index (κ2) is 5.13. The molecule has 0 spiro atoms. The van der Waals surface area contributed by atoms with Crippen LogP contribution in [0.5, 0.6) is 0 Å². The molecule has 2 nitrogen and oxygen atoms in total. The smallest absolute Gasteiger partial charge is 0.131 e. The lowest BCUT2D eigenvalue weighted by Gasteiger charge is -2.25. The molecule has 1 aliphatic heterocycles. The van der Waals surface area contributed by atoms with Crippen molar-refractivity contribution in [3.05, 3.63) is 36.0 Å². The predicted octanol–water partition coefficient (Wildman–Crippen LogP) is 1.99. The molecular weight excluding hydrogens is 174 g/mol. The summed E-state index contributed by atoms with van der Waals surface area (Å²) in [5.41, 5.74) is 2.25. The van der Waals surface area contributed by atoms with Gasteiger partial charge in [0.15, 0.2) is 0 Å². The molecule has 0 aliphatic carbocycles. The van der Waals surface area contributed by atoms with Crippen molar-refractivity contribution in [3.8, 4) is 0 Å². The van der Waals surface area contributed by atoms with Crippen LogP contribution in [0.3, 0.4) is 0 Å². The Kier molecular flexibility index (Phi) is 4.11. The average molecular weight is 193 g/mol. The number of hydrogen-bond donors (Lipinski definition) is 2. The van der Waals surface area contributed by atoms with Crippen molar-refractivity contribution in [1.29, 1.82) is 0 Å². The van der Waals surface area contributed by atoms with Crippen LogP contribution in [0.2, 0.25) is 0 Å². The van der Waals surface area contributed by atoms with Crippen molar-refractivity contribution in [2.75, 3.05) is 6.54 Å². The summed E-state index contributed by atoms with van der Waals surface area (Å²) in [6, 6.07) is 0. The second-order valence-electron chi connectivity index (χ2n) is 3.64. The van der Waals surface area contributed by atoms with Crippen molar-refractivity contribution in [1.82, 2.24) is 5.32 Å². The van der Waals surface area contributed by atoms with Crippen LogP contribution in [0.1, 0.15) is 20.3 Å². The standard InChI is InChI=1S/C12H19NO/c1-4-9(3)8-10-6-7-13-12(14)11(10)5-2/h4-5,8-9,12-14H,1,6-7H2,2-3H3/b10-8-,11-5+. The molecule has 0 amide bonds. The molecule has 1 fully saturated rings. The zero-order valence-corrected chi connectivity index (χ0v) is 8.96. The Hall–Kier alpha value is -0.860. The van der Waals surface area contributed by atoms with Gasteiger partial charge in [-0.2, -0.15) is 0 Å². The van der Waals surface area contributed by atoms with Gasteiger partial charge in [-0.3, -0.25) is 5.32 Å². The molecule has 1 heterocycles. The average Bonchev–Trinajstić information content (AvgIpc) is 2.18. The van der Waals surface area contributed by atoms with Crippen LogP contribution < -0.4 is 5.32 Å². The van der Waals surface area contributed by atoms with Gasteiger partial charge in [0, 0.05) is 6.54 Å². The van der Waals surface area contributed by atoms with Crippen LogP contribution in [0.25, 0.3) is 0 Å². The number of rotatable bonds is 2. The Morgan fingerprint density at radius 3 is 2.93 bits per heavy atom. The van der Waals surface area contributed by atoms with Crippen molar-refractivity contribution < 1.29 is 5.11 Å². The van der Waals surface area contributed by atoms with Gasteiger partial charge in [0.05, 0.1) is 0 Å². The third-order valence-electron chi connectivity index (χ3n) is 2.54. The van der Waals surface area contributed by atoms with Gasteiger partial charge < -0.3 is 5.11 Å². The highest BCUT2D eigenvalue weighted by Gasteiger charge is 2.18. The van der Waals surface area contributed by atoms with Gasteiger partial charge in [0.1, 0.15) is 6.23 Å². The van der Waals surface area contributed by atoms with E-state index in [1.807, 2.05) is 19.1 Å². The van der Waals surface area contributed by atoms with Crippen molar-refractivity contribution in [2.45, 2.75) is 26.5 Å². The van der Waals surface area contributed by atoms with Gasteiger partial charge in [-0.15, -0.1) is 6.58 Å². The lowest BCUT2D eigenvalue weighted by molar-refractivity contribution is 0.166. The summed E-state index contributed by atoms with van der Waals surface area (Å²) in [5.74, 6) is 0.366. The van der Waals surface area contributed by atoms with E-state index < -0.39 is 6.23 Å². The van der Waals surface area contributed by atoms with E-state index in [9.17, 15) is 5.11 Å². The van der Waals surface area contributed by atoms with Crippen molar-refractivity contribution in [2.24, 2.45) is 5.92 Å². The quantitative estimate of drug-likeness (QED) is 0.657. The SMILES string of the molecule is C=CC(C)/C=C1/CCNC(O)/C1=C/C. The first-order chi connectivity index (χ1) is 6.69. The normalized spacial score (nSPS) is 30.6. The molecule has 2 heteroatoms.